The summed E-state index contributed by atoms with van der Waals surface area (Å²) >= 11 is 0. The van der Waals surface area contributed by atoms with Crippen molar-refractivity contribution in [2.24, 2.45) is 5.92 Å². The van der Waals surface area contributed by atoms with E-state index in [2.05, 4.69) is 11.8 Å². The van der Waals surface area contributed by atoms with Crippen LogP contribution in [0.4, 0.5) is 0 Å². The average Bonchev–Trinajstić information content (AvgIpc) is 2.89. The zero-order chi connectivity index (χ0) is 13.0. The number of aliphatic carboxylic acids is 1. The molecule has 0 bridgehead atoms. The molecule has 0 aromatic rings. The van der Waals surface area contributed by atoms with Crippen molar-refractivity contribution in [3.05, 3.63) is 0 Å². The highest BCUT2D eigenvalue weighted by molar-refractivity contribution is 5.66. The van der Waals surface area contributed by atoms with Gasteiger partial charge in [0, 0.05) is 18.5 Å². The van der Waals surface area contributed by atoms with Gasteiger partial charge in [0.2, 0.25) is 0 Å². The first-order valence-electron chi connectivity index (χ1n) is 7.66. The molecule has 3 heteroatoms. The first-order chi connectivity index (χ1) is 8.68. The number of rotatable bonds is 5. The summed E-state index contributed by atoms with van der Waals surface area (Å²) in [6, 6.07) is 1.18. The first-order valence-corrected chi connectivity index (χ1v) is 7.66. The summed E-state index contributed by atoms with van der Waals surface area (Å²) in [6.07, 6.45) is 10.5. The number of carbonyl (C=O) groups is 1. The first kappa shape index (κ1) is 13.9. The normalized spacial score (nSPS) is 28.4. The van der Waals surface area contributed by atoms with Gasteiger partial charge in [-0.15, -0.1) is 0 Å². The minimum Gasteiger partial charge on any atom is -0.481 e. The van der Waals surface area contributed by atoms with Gasteiger partial charge in [0.25, 0.3) is 0 Å². The molecule has 2 rings (SSSR count). The van der Waals surface area contributed by atoms with Crippen LogP contribution in [0.5, 0.6) is 0 Å². The van der Waals surface area contributed by atoms with Crippen molar-refractivity contribution in [2.75, 3.05) is 6.54 Å². The molecule has 3 nitrogen and oxygen atoms in total. The number of nitrogens with zero attached hydrogens (tertiary/aromatic N) is 1. The van der Waals surface area contributed by atoms with Crippen LogP contribution < -0.4 is 0 Å². The van der Waals surface area contributed by atoms with E-state index in [0.29, 0.717) is 18.5 Å². The molecule has 2 atom stereocenters. The molecule has 1 heterocycles. The van der Waals surface area contributed by atoms with Crippen LogP contribution in [-0.4, -0.2) is 34.6 Å². The third-order valence-corrected chi connectivity index (χ3v) is 4.97. The highest BCUT2D eigenvalue weighted by Crippen LogP contribution is 2.33. The molecule has 1 aliphatic carbocycles. The van der Waals surface area contributed by atoms with Gasteiger partial charge in [0.1, 0.15) is 0 Å². The van der Waals surface area contributed by atoms with Crippen LogP contribution in [0.25, 0.3) is 0 Å². The maximum atomic E-state index is 10.8. The Kier molecular flexibility index (Phi) is 5.04. The Morgan fingerprint density at radius 2 is 1.89 bits per heavy atom. The molecule has 2 unspecified atom stereocenters. The second kappa shape index (κ2) is 6.55. The fourth-order valence-corrected chi connectivity index (χ4v) is 3.87. The Morgan fingerprint density at radius 1 is 1.22 bits per heavy atom. The summed E-state index contributed by atoms with van der Waals surface area (Å²) in [5.41, 5.74) is 0. The smallest absolute Gasteiger partial charge is 0.303 e. The van der Waals surface area contributed by atoms with Crippen molar-refractivity contribution in [1.82, 2.24) is 4.90 Å². The molecule has 104 valence electrons. The number of likely N-dealkylation sites (tertiary alicyclic amines) is 1. The van der Waals surface area contributed by atoms with E-state index in [4.69, 9.17) is 5.11 Å². The third kappa shape index (κ3) is 3.47. The maximum absolute atomic E-state index is 10.8. The molecule has 0 amide bonds. The van der Waals surface area contributed by atoms with Crippen molar-refractivity contribution in [2.45, 2.75) is 76.8 Å². The summed E-state index contributed by atoms with van der Waals surface area (Å²) in [5.74, 6) is 0.212. The van der Waals surface area contributed by atoms with Crippen molar-refractivity contribution in [3.8, 4) is 0 Å². The fourth-order valence-electron chi connectivity index (χ4n) is 3.87. The Balaban J connectivity index is 1.91. The second-order valence-corrected chi connectivity index (χ2v) is 6.10. The van der Waals surface area contributed by atoms with Gasteiger partial charge in [0.05, 0.1) is 0 Å². The summed E-state index contributed by atoms with van der Waals surface area (Å²) < 4.78 is 0. The molecule has 1 N–H and O–H groups in total. The number of piperidine rings is 1. The van der Waals surface area contributed by atoms with Gasteiger partial charge in [-0.3, -0.25) is 9.69 Å². The van der Waals surface area contributed by atoms with Crippen LogP contribution >= 0.6 is 0 Å². The van der Waals surface area contributed by atoms with E-state index >= 15 is 0 Å². The van der Waals surface area contributed by atoms with Crippen molar-refractivity contribution >= 4 is 5.97 Å². The Bertz CT molecular complexity index is 274. The van der Waals surface area contributed by atoms with Crippen LogP contribution in [-0.2, 0) is 4.79 Å². The van der Waals surface area contributed by atoms with Crippen molar-refractivity contribution in [1.29, 1.82) is 0 Å². The molecule has 2 aliphatic rings. The fraction of sp³-hybridized carbons (Fsp3) is 0.933. The van der Waals surface area contributed by atoms with E-state index in [-0.39, 0.29) is 0 Å². The maximum Gasteiger partial charge on any atom is 0.303 e. The monoisotopic (exact) mass is 253 g/mol. The molecule has 0 radical (unpaired) electrons. The Labute approximate surface area is 111 Å². The lowest BCUT2D eigenvalue weighted by Crippen LogP contribution is -2.47. The molecule has 0 aromatic heterocycles. The van der Waals surface area contributed by atoms with Gasteiger partial charge in [0.15, 0.2) is 0 Å². The number of hydrogen-bond acceptors (Lipinski definition) is 2. The number of hydrogen-bond donors (Lipinski definition) is 1. The predicted molar refractivity (Wildman–Crippen MR) is 72.6 cm³/mol. The van der Waals surface area contributed by atoms with Crippen molar-refractivity contribution < 1.29 is 9.90 Å². The van der Waals surface area contributed by atoms with Crippen LogP contribution in [0.3, 0.4) is 0 Å². The minimum atomic E-state index is -0.644. The largest absolute Gasteiger partial charge is 0.481 e. The van der Waals surface area contributed by atoms with E-state index < -0.39 is 5.97 Å². The van der Waals surface area contributed by atoms with E-state index in [1.807, 2.05) is 0 Å². The zero-order valence-corrected chi connectivity index (χ0v) is 11.6. The van der Waals surface area contributed by atoms with E-state index in [0.717, 1.165) is 12.3 Å². The van der Waals surface area contributed by atoms with E-state index in [1.165, 1.54) is 51.5 Å². The van der Waals surface area contributed by atoms with Crippen LogP contribution in [0.15, 0.2) is 0 Å². The second-order valence-electron chi connectivity index (χ2n) is 6.10. The lowest BCUT2D eigenvalue weighted by atomic mass is 9.91. The lowest BCUT2D eigenvalue weighted by molar-refractivity contribution is -0.137. The quantitative estimate of drug-likeness (QED) is 0.817. The van der Waals surface area contributed by atoms with Crippen LogP contribution in [0, 0.1) is 5.92 Å². The molecule has 1 aliphatic heterocycles. The Morgan fingerprint density at radius 3 is 2.56 bits per heavy atom. The molecule has 1 saturated heterocycles. The van der Waals surface area contributed by atoms with Gasteiger partial charge in [-0.05, 0) is 51.5 Å². The summed E-state index contributed by atoms with van der Waals surface area (Å²) in [4.78, 5) is 13.4. The third-order valence-electron chi connectivity index (χ3n) is 4.97. The molecule has 0 spiro atoms. The van der Waals surface area contributed by atoms with Gasteiger partial charge in [-0.2, -0.15) is 0 Å². The highest BCUT2D eigenvalue weighted by Gasteiger charge is 2.32. The molecule has 0 aromatic carbocycles. The molecular weight excluding hydrogens is 226 g/mol. The summed E-state index contributed by atoms with van der Waals surface area (Å²) in [7, 11) is 0. The van der Waals surface area contributed by atoms with Gasteiger partial charge in [-0.1, -0.05) is 19.3 Å². The van der Waals surface area contributed by atoms with Gasteiger partial charge < -0.3 is 5.11 Å². The number of carboxylic acid groups (broad SMARTS) is 1. The zero-order valence-electron chi connectivity index (χ0n) is 11.6. The van der Waals surface area contributed by atoms with Crippen molar-refractivity contribution in [3.63, 3.8) is 0 Å². The average molecular weight is 253 g/mol. The Hall–Kier alpha value is -0.570. The SMILES string of the molecule is CC(C1CCCC1)N1CCCCC1CCC(=O)O. The van der Waals surface area contributed by atoms with Crippen LogP contribution in [0.2, 0.25) is 0 Å². The molecule has 18 heavy (non-hydrogen) atoms. The van der Waals surface area contributed by atoms with E-state index in [1.54, 1.807) is 0 Å². The number of carboxylic acids is 1. The van der Waals surface area contributed by atoms with Crippen LogP contribution in [0.1, 0.15) is 64.7 Å². The topological polar surface area (TPSA) is 40.5 Å². The van der Waals surface area contributed by atoms with Gasteiger partial charge >= 0.3 is 5.97 Å². The minimum absolute atomic E-state index is 0.332. The summed E-state index contributed by atoms with van der Waals surface area (Å²) in [5, 5.41) is 8.86. The van der Waals surface area contributed by atoms with E-state index in [9.17, 15) is 4.79 Å². The molecule has 1 saturated carbocycles. The summed E-state index contributed by atoms with van der Waals surface area (Å²) in [6.45, 7) is 3.55. The highest BCUT2D eigenvalue weighted by atomic mass is 16.4. The predicted octanol–water partition coefficient (Wildman–Crippen LogP) is 3.28. The lowest BCUT2D eigenvalue weighted by Gasteiger charge is -2.42. The molecule has 2 fully saturated rings. The standard InChI is InChI=1S/C15H27NO2/c1-12(13-6-2-3-7-13)16-11-5-4-8-14(16)9-10-15(17)18/h12-14H,2-11H2,1H3,(H,17,18). The van der Waals surface area contributed by atoms with Gasteiger partial charge in [-0.25, -0.2) is 0 Å². The molecular formula is C15H27NO2.